The van der Waals surface area contributed by atoms with Crippen LogP contribution in [0.5, 0.6) is 0 Å². The molecule has 0 saturated carbocycles. The predicted octanol–water partition coefficient (Wildman–Crippen LogP) is 2.49. The smallest absolute Gasteiger partial charge is 0.150 e. The molecule has 0 fully saturated rings. The van der Waals surface area contributed by atoms with Gasteiger partial charge in [0.2, 0.25) is 0 Å². The third-order valence-corrected chi connectivity index (χ3v) is 5.27. The Labute approximate surface area is 108 Å². The van der Waals surface area contributed by atoms with Crippen LogP contribution in [0.4, 0.5) is 0 Å². The van der Waals surface area contributed by atoms with Gasteiger partial charge in [-0.15, -0.1) is 0 Å². The van der Waals surface area contributed by atoms with Crippen molar-refractivity contribution in [3.8, 4) is 0 Å². The summed E-state index contributed by atoms with van der Waals surface area (Å²) in [5.41, 5.74) is 0.0117. The number of halogens is 1. The number of methoxy groups -OCH3 is 1. The summed E-state index contributed by atoms with van der Waals surface area (Å²) >= 11 is 3.40. The summed E-state index contributed by atoms with van der Waals surface area (Å²) in [5.74, 6) is 0.631. The fourth-order valence-electron chi connectivity index (χ4n) is 1.34. The van der Waals surface area contributed by atoms with E-state index in [-0.39, 0.29) is 22.8 Å². The molecule has 5 heteroatoms. The normalized spacial score (nSPS) is 15.1. The van der Waals surface area contributed by atoms with Crippen LogP contribution in [0.15, 0.2) is 0 Å². The lowest BCUT2D eigenvalue weighted by Gasteiger charge is -2.28. The summed E-state index contributed by atoms with van der Waals surface area (Å²) in [6, 6.07) is 0. The average molecular weight is 315 g/mol. The summed E-state index contributed by atoms with van der Waals surface area (Å²) in [6.07, 6.45) is 0.581. The topological polar surface area (TPSA) is 43.4 Å². The second-order valence-electron chi connectivity index (χ2n) is 5.18. The molecule has 0 heterocycles. The summed E-state index contributed by atoms with van der Waals surface area (Å²) in [7, 11) is -1.37. The van der Waals surface area contributed by atoms with Gasteiger partial charge in [-0.2, -0.15) is 0 Å². The molecule has 98 valence electrons. The van der Waals surface area contributed by atoms with Gasteiger partial charge < -0.3 is 4.74 Å². The number of alkyl halides is 1. The summed E-state index contributed by atoms with van der Waals surface area (Å²) in [5, 5.41) is 0.722. The van der Waals surface area contributed by atoms with Crippen molar-refractivity contribution < 1.29 is 13.2 Å². The molecule has 0 spiro atoms. The molecule has 3 nitrogen and oxygen atoms in total. The van der Waals surface area contributed by atoms with Gasteiger partial charge in [0, 0.05) is 19.0 Å². The first-order valence-electron chi connectivity index (χ1n) is 5.48. The highest BCUT2D eigenvalue weighted by Gasteiger charge is 2.28. The highest BCUT2D eigenvalue weighted by molar-refractivity contribution is 9.09. The van der Waals surface area contributed by atoms with Gasteiger partial charge >= 0.3 is 0 Å². The molecule has 0 aromatic rings. The zero-order valence-electron chi connectivity index (χ0n) is 10.6. The van der Waals surface area contributed by atoms with Crippen molar-refractivity contribution in [1.82, 2.24) is 0 Å². The minimum Gasteiger partial charge on any atom is -0.385 e. The SMILES string of the molecule is COCCCS(=O)(=O)CC(CBr)C(C)(C)C. The lowest BCUT2D eigenvalue weighted by atomic mass is 9.83. The third kappa shape index (κ3) is 6.86. The van der Waals surface area contributed by atoms with E-state index in [1.165, 1.54) is 0 Å². The molecule has 16 heavy (non-hydrogen) atoms. The number of hydrogen-bond acceptors (Lipinski definition) is 3. The highest BCUT2D eigenvalue weighted by Crippen LogP contribution is 2.28. The number of ether oxygens (including phenoxy) is 1. The molecular weight excluding hydrogens is 292 g/mol. The first-order chi connectivity index (χ1) is 7.23. The fourth-order valence-corrected chi connectivity index (χ4v) is 4.80. The van der Waals surface area contributed by atoms with E-state index in [9.17, 15) is 8.42 Å². The Morgan fingerprint density at radius 1 is 1.31 bits per heavy atom. The molecule has 0 bridgehead atoms. The molecule has 0 radical (unpaired) electrons. The van der Waals surface area contributed by atoms with E-state index in [1.807, 2.05) is 0 Å². The van der Waals surface area contributed by atoms with Crippen LogP contribution < -0.4 is 0 Å². The first-order valence-corrected chi connectivity index (χ1v) is 8.42. The van der Waals surface area contributed by atoms with Crippen molar-refractivity contribution >= 4 is 25.8 Å². The van der Waals surface area contributed by atoms with Gasteiger partial charge in [0.15, 0.2) is 9.84 Å². The van der Waals surface area contributed by atoms with Gasteiger partial charge in [-0.25, -0.2) is 8.42 Å². The van der Waals surface area contributed by atoms with Gasteiger partial charge in [-0.1, -0.05) is 36.7 Å². The fraction of sp³-hybridized carbons (Fsp3) is 1.00. The van der Waals surface area contributed by atoms with Crippen LogP contribution in [0.3, 0.4) is 0 Å². The third-order valence-electron chi connectivity index (χ3n) is 2.67. The van der Waals surface area contributed by atoms with E-state index < -0.39 is 9.84 Å². The molecule has 0 aromatic carbocycles. The molecule has 0 N–H and O–H groups in total. The Hall–Kier alpha value is 0.390. The van der Waals surface area contributed by atoms with Crippen molar-refractivity contribution in [1.29, 1.82) is 0 Å². The van der Waals surface area contributed by atoms with Gasteiger partial charge in [-0.3, -0.25) is 0 Å². The maximum atomic E-state index is 11.8. The predicted molar refractivity (Wildman–Crippen MR) is 71.9 cm³/mol. The van der Waals surface area contributed by atoms with Gasteiger partial charge in [-0.05, 0) is 17.8 Å². The average Bonchev–Trinajstić information content (AvgIpc) is 2.12. The zero-order valence-corrected chi connectivity index (χ0v) is 13.0. The Kier molecular flexibility index (Phi) is 7.14. The number of rotatable bonds is 7. The Balaban J connectivity index is 4.33. The molecule has 0 aliphatic heterocycles. The number of hydrogen-bond donors (Lipinski definition) is 0. The summed E-state index contributed by atoms with van der Waals surface area (Å²) in [6.45, 7) is 6.73. The molecule has 1 unspecified atom stereocenters. The molecule has 0 aliphatic carbocycles. The molecule has 0 amide bonds. The lowest BCUT2D eigenvalue weighted by molar-refractivity contribution is 0.199. The maximum Gasteiger partial charge on any atom is 0.150 e. The van der Waals surface area contributed by atoms with E-state index in [4.69, 9.17) is 4.74 Å². The number of sulfone groups is 1. The van der Waals surface area contributed by atoms with E-state index >= 15 is 0 Å². The molecule has 1 atom stereocenters. The lowest BCUT2D eigenvalue weighted by Crippen LogP contribution is -2.30. The van der Waals surface area contributed by atoms with Crippen molar-refractivity contribution in [3.63, 3.8) is 0 Å². The van der Waals surface area contributed by atoms with E-state index in [0.29, 0.717) is 13.0 Å². The van der Waals surface area contributed by atoms with Gasteiger partial charge in [0.05, 0.1) is 11.5 Å². The summed E-state index contributed by atoms with van der Waals surface area (Å²) in [4.78, 5) is 0. The summed E-state index contributed by atoms with van der Waals surface area (Å²) < 4.78 is 28.6. The van der Waals surface area contributed by atoms with Crippen molar-refractivity contribution in [2.45, 2.75) is 27.2 Å². The van der Waals surface area contributed by atoms with Crippen LogP contribution >= 0.6 is 15.9 Å². The highest BCUT2D eigenvalue weighted by atomic mass is 79.9. The molecule has 0 aliphatic rings. The largest absolute Gasteiger partial charge is 0.385 e. The van der Waals surface area contributed by atoms with Crippen LogP contribution in [-0.2, 0) is 14.6 Å². The van der Waals surface area contributed by atoms with Crippen LogP contribution in [0.25, 0.3) is 0 Å². The van der Waals surface area contributed by atoms with Gasteiger partial charge in [0.25, 0.3) is 0 Å². The van der Waals surface area contributed by atoms with Crippen molar-refractivity contribution in [3.05, 3.63) is 0 Å². The van der Waals surface area contributed by atoms with E-state index in [2.05, 4.69) is 36.7 Å². The molecule has 0 aromatic heterocycles. The van der Waals surface area contributed by atoms with Crippen LogP contribution in [-0.4, -0.2) is 39.0 Å². The van der Waals surface area contributed by atoms with Crippen LogP contribution in [0, 0.1) is 11.3 Å². The molecule has 0 saturated heterocycles. The van der Waals surface area contributed by atoms with Crippen molar-refractivity contribution in [2.75, 3.05) is 30.6 Å². The second-order valence-corrected chi connectivity index (χ2v) is 8.05. The zero-order chi connectivity index (χ0) is 12.8. The standard InChI is InChI=1S/C11H23BrO3S/c1-11(2,3)10(8-12)9-16(13,14)7-5-6-15-4/h10H,5-9H2,1-4H3. The van der Waals surface area contributed by atoms with Crippen molar-refractivity contribution in [2.24, 2.45) is 11.3 Å². The minimum atomic E-state index is -2.96. The first kappa shape index (κ1) is 16.4. The molecular formula is C11H23BrO3S. The Morgan fingerprint density at radius 3 is 2.25 bits per heavy atom. The Bertz CT molecular complexity index is 280. The Morgan fingerprint density at radius 2 is 1.88 bits per heavy atom. The van der Waals surface area contributed by atoms with Crippen LogP contribution in [0.1, 0.15) is 27.2 Å². The minimum absolute atomic E-state index is 0.0117. The van der Waals surface area contributed by atoms with E-state index in [0.717, 1.165) is 5.33 Å². The monoisotopic (exact) mass is 314 g/mol. The van der Waals surface area contributed by atoms with Gasteiger partial charge in [0.1, 0.15) is 0 Å². The van der Waals surface area contributed by atoms with Crippen LogP contribution in [0.2, 0.25) is 0 Å². The van der Waals surface area contributed by atoms with E-state index in [1.54, 1.807) is 7.11 Å². The maximum absolute atomic E-state index is 11.8. The quantitative estimate of drug-likeness (QED) is 0.535. The second kappa shape index (κ2) is 6.97. The molecule has 0 rings (SSSR count).